The number of aryl methyl sites for hydroxylation is 1. The molecule has 1 unspecified atom stereocenters. The molecule has 14 heavy (non-hydrogen) atoms. The molecule has 0 saturated heterocycles. The van der Waals surface area contributed by atoms with Gasteiger partial charge in [-0.25, -0.2) is 8.78 Å². The van der Waals surface area contributed by atoms with Crippen molar-refractivity contribution >= 4 is 0 Å². The highest BCUT2D eigenvalue weighted by Crippen LogP contribution is 2.18. The predicted molar refractivity (Wildman–Crippen MR) is 48.0 cm³/mol. The fraction of sp³-hybridized carbons (Fsp3) is 0.750. The second-order valence-electron chi connectivity index (χ2n) is 3.05. The lowest BCUT2D eigenvalue weighted by Gasteiger charge is -2.16. The van der Waals surface area contributed by atoms with Crippen molar-refractivity contribution in [3.63, 3.8) is 0 Å². The summed E-state index contributed by atoms with van der Waals surface area (Å²) in [4.78, 5) is 0. The van der Waals surface area contributed by atoms with Gasteiger partial charge in [-0.2, -0.15) is 0 Å². The molecule has 0 aliphatic heterocycles. The predicted octanol–water partition coefficient (Wildman–Crippen LogP) is 1.12. The van der Waals surface area contributed by atoms with Crippen LogP contribution in [0.25, 0.3) is 0 Å². The normalized spacial score (nSPS) is 13.5. The maximum atomic E-state index is 12.6. The van der Waals surface area contributed by atoms with Crippen LogP contribution in [0.5, 0.6) is 0 Å². The third-order valence-corrected chi connectivity index (χ3v) is 1.93. The van der Waals surface area contributed by atoms with E-state index in [4.69, 9.17) is 0 Å². The molecule has 0 aromatic carbocycles. The van der Waals surface area contributed by atoms with Gasteiger partial charge in [0.25, 0.3) is 6.43 Å². The van der Waals surface area contributed by atoms with Gasteiger partial charge in [-0.1, -0.05) is 12.1 Å². The number of halogens is 2. The smallest absolute Gasteiger partial charge is 0.259 e. The number of hydrogen-bond acceptors (Lipinski definition) is 3. The first-order chi connectivity index (χ1) is 6.66. The lowest BCUT2D eigenvalue weighted by atomic mass is 10.2. The summed E-state index contributed by atoms with van der Waals surface area (Å²) < 4.78 is 26.6. The van der Waals surface area contributed by atoms with Crippen molar-refractivity contribution in [2.24, 2.45) is 7.05 Å². The van der Waals surface area contributed by atoms with E-state index in [9.17, 15) is 8.78 Å². The summed E-state index contributed by atoms with van der Waals surface area (Å²) in [5.74, 6) is 0. The Kier molecular flexibility index (Phi) is 3.94. The number of alkyl halides is 2. The van der Waals surface area contributed by atoms with E-state index in [0.717, 1.165) is 6.42 Å². The second kappa shape index (κ2) is 4.99. The lowest BCUT2D eigenvalue weighted by Crippen LogP contribution is -2.29. The summed E-state index contributed by atoms with van der Waals surface area (Å²) in [5.41, 5.74) is 0.411. The number of nitrogens with zero attached hydrogens (tertiary/aromatic N) is 3. The maximum Gasteiger partial charge on any atom is 0.259 e. The molecule has 1 aromatic rings. The van der Waals surface area contributed by atoms with Crippen LogP contribution >= 0.6 is 0 Å². The molecule has 1 aromatic heterocycles. The zero-order valence-electron chi connectivity index (χ0n) is 8.24. The van der Waals surface area contributed by atoms with E-state index in [-0.39, 0.29) is 0 Å². The van der Waals surface area contributed by atoms with Gasteiger partial charge in [-0.05, 0) is 13.0 Å². The van der Waals surface area contributed by atoms with Crippen molar-refractivity contribution in [2.45, 2.75) is 25.8 Å². The molecule has 1 heterocycles. The van der Waals surface area contributed by atoms with Crippen LogP contribution in [0.1, 0.15) is 25.1 Å². The standard InChI is InChI=1S/C8H14F2N4/c1-3-4-11-7(8(9)10)6-5-12-13-14(6)2/h5,7-8,11H,3-4H2,1-2H3. The third-order valence-electron chi connectivity index (χ3n) is 1.93. The fourth-order valence-electron chi connectivity index (χ4n) is 1.20. The van der Waals surface area contributed by atoms with Crippen molar-refractivity contribution in [1.29, 1.82) is 0 Å². The van der Waals surface area contributed by atoms with Crippen LogP contribution in [-0.4, -0.2) is 28.0 Å². The summed E-state index contributed by atoms with van der Waals surface area (Å²) in [6, 6.07) is -0.977. The Morgan fingerprint density at radius 1 is 1.57 bits per heavy atom. The van der Waals surface area contributed by atoms with E-state index < -0.39 is 12.5 Å². The summed E-state index contributed by atoms with van der Waals surface area (Å²) >= 11 is 0. The van der Waals surface area contributed by atoms with Crippen LogP contribution in [0, 0.1) is 0 Å². The van der Waals surface area contributed by atoms with E-state index in [1.54, 1.807) is 7.05 Å². The Morgan fingerprint density at radius 2 is 2.29 bits per heavy atom. The molecule has 80 valence electrons. The highest BCUT2D eigenvalue weighted by molar-refractivity contribution is 5.02. The maximum absolute atomic E-state index is 12.6. The van der Waals surface area contributed by atoms with Crippen LogP contribution < -0.4 is 5.32 Å². The molecule has 0 radical (unpaired) electrons. The van der Waals surface area contributed by atoms with Crippen molar-refractivity contribution in [3.05, 3.63) is 11.9 Å². The Morgan fingerprint density at radius 3 is 2.71 bits per heavy atom. The zero-order chi connectivity index (χ0) is 10.6. The average molecular weight is 204 g/mol. The van der Waals surface area contributed by atoms with E-state index >= 15 is 0 Å². The Hall–Kier alpha value is -1.04. The number of nitrogens with one attached hydrogen (secondary N) is 1. The molecule has 0 bridgehead atoms. The topological polar surface area (TPSA) is 42.7 Å². The second-order valence-corrected chi connectivity index (χ2v) is 3.05. The summed E-state index contributed by atoms with van der Waals surface area (Å²) in [7, 11) is 1.60. The third kappa shape index (κ3) is 2.47. The van der Waals surface area contributed by atoms with Crippen LogP contribution in [0.3, 0.4) is 0 Å². The van der Waals surface area contributed by atoms with Gasteiger partial charge in [0.1, 0.15) is 6.04 Å². The molecule has 1 N–H and O–H groups in total. The van der Waals surface area contributed by atoms with Gasteiger partial charge in [0.15, 0.2) is 0 Å². The molecule has 0 saturated carbocycles. The molecule has 1 rings (SSSR count). The largest absolute Gasteiger partial charge is 0.304 e. The van der Waals surface area contributed by atoms with Crippen LogP contribution in [-0.2, 0) is 7.05 Å². The summed E-state index contributed by atoms with van der Waals surface area (Å²) in [6.07, 6.45) is -0.271. The minimum atomic E-state index is -2.45. The van der Waals surface area contributed by atoms with Crippen molar-refractivity contribution in [3.8, 4) is 0 Å². The van der Waals surface area contributed by atoms with Gasteiger partial charge < -0.3 is 5.32 Å². The van der Waals surface area contributed by atoms with Gasteiger partial charge in [0.05, 0.1) is 11.9 Å². The molecule has 0 aliphatic carbocycles. The molecule has 0 spiro atoms. The molecule has 4 nitrogen and oxygen atoms in total. The Labute approximate surface area is 81.3 Å². The van der Waals surface area contributed by atoms with E-state index in [0.29, 0.717) is 12.2 Å². The Balaban J connectivity index is 2.73. The SMILES string of the molecule is CCCNC(c1cnnn1C)C(F)F. The number of hydrogen-bond donors (Lipinski definition) is 1. The number of rotatable bonds is 5. The summed E-state index contributed by atoms with van der Waals surface area (Å²) in [6.45, 7) is 2.48. The summed E-state index contributed by atoms with van der Waals surface area (Å²) in [5, 5.41) is 9.96. The first kappa shape index (κ1) is 11.0. The molecule has 0 aliphatic rings. The van der Waals surface area contributed by atoms with Crippen LogP contribution in [0.4, 0.5) is 8.78 Å². The van der Waals surface area contributed by atoms with E-state index in [2.05, 4.69) is 15.6 Å². The van der Waals surface area contributed by atoms with Gasteiger partial charge >= 0.3 is 0 Å². The average Bonchev–Trinajstić information content (AvgIpc) is 2.52. The highest BCUT2D eigenvalue weighted by atomic mass is 19.3. The van der Waals surface area contributed by atoms with Crippen molar-refractivity contribution < 1.29 is 8.78 Å². The van der Waals surface area contributed by atoms with Crippen LogP contribution in [0.15, 0.2) is 6.20 Å². The van der Waals surface area contributed by atoms with E-state index in [1.165, 1.54) is 10.9 Å². The first-order valence-electron chi connectivity index (χ1n) is 4.53. The molecular formula is C8H14F2N4. The lowest BCUT2D eigenvalue weighted by molar-refractivity contribution is 0.0948. The van der Waals surface area contributed by atoms with Crippen molar-refractivity contribution in [1.82, 2.24) is 20.3 Å². The van der Waals surface area contributed by atoms with Gasteiger partial charge in [-0.15, -0.1) is 5.10 Å². The Bertz CT molecular complexity index is 274. The van der Waals surface area contributed by atoms with Gasteiger partial charge in [0.2, 0.25) is 0 Å². The minimum absolute atomic E-state index is 0.411. The molecule has 0 fully saturated rings. The minimum Gasteiger partial charge on any atom is -0.304 e. The number of aromatic nitrogens is 3. The fourth-order valence-corrected chi connectivity index (χ4v) is 1.20. The quantitative estimate of drug-likeness (QED) is 0.781. The monoisotopic (exact) mass is 204 g/mol. The molecule has 1 atom stereocenters. The van der Waals surface area contributed by atoms with E-state index in [1.807, 2.05) is 6.92 Å². The highest BCUT2D eigenvalue weighted by Gasteiger charge is 2.24. The van der Waals surface area contributed by atoms with Gasteiger partial charge in [0, 0.05) is 7.05 Å². The first-order valence-corrected chi connectivity index (χ1v) is 4.53. The van der Waals surface area contributed by atoms with Crippen LogP contribution in [0.2, 0.25) is 0 Å². The van der Waals surface area contributed by atoms with Crippen molar-refractivity contribution in [2.75, 3.05) is 6.54 Å². The van der Waals surface area contributed by atoms with Gasteiger partial charge in [-0.3, -0.25) is 4.68 Å². The molecule has 6 heteroatoms. The zero-order valence-corrected chi connectivity index (χ0v) is 8.24. The molecular weight excluding hydrogens is 190 g/mol. The molecule has 0 amide bonds.